The summed E-state index contributed by atoms with van der Waals surface area (Å²) in [4.78, 5) is 13.2. The summed E-state index contributed by atoms with van der Waals surface area (Å²) in [7, 11) is 1.60. The minimum atomic E-state index is 0.559. The molecule has 3 aromatic heterocycles. The SMILES string of the molecule is COc1ccc2c(ncc3ncn(Cc4ccc(Br)cc4)c32)n1. The molecule has 0 fully saturated rings. The zero-order chi connectivity index (χ0) is 15.8. The highest BCUT2D eigenvalue weighted by molar-refractivity contribution is 9.10. The largest absolute Gasteiger partial charge is 0.481 e. The number of halogens is 1. The minimum absolute atomic E-state index is 0.559. The van der Waals surface area contributed by atoms with Crippen LogP contribution in [0.3, 0.4) is 0 Å². The zero-order valence-electron chi connectivity index (χ0n) is 12.4. The Balaban J connectivity index is 1.86. The average Bonchev–Trinajstić information content (AvgIpc) is 2.99. The minimum Gasteiger partial charge on any atom is -0.481 e. The van der Waals surface area contributed by atoms with E-state index in [1.807, 2.05) is 30.6 Å². The fourth-order valence-corrected chi connectivity index (χ4v) is 2.91. The highest BCUT2D eigenvalue weighted by atomic mass is 79.9. The molecule has 0 aliphatic heterocycles. The van der Waals surface area contributed by atoms with Gasteiger partial charge in [0.15, 0.2) is 5.65 Å². The second-order valence-corrected chi connectivity index (χ2v) is 6.13. The fraction of sp³-hybridized carbons (Fsp3) is 0.118. The van der Waals surface area contributed by atoms with Crippen LogP contribution in [0.1, 0.15) is 5.56 Å². The summed E-state index contributed by atoms with van der Waals surface area (Å²) in [6, 6.07) is 12.1. The maximum absolute atomic E-state index is 5.17. The first-order valence-electron chi connectivity index (χ1n) is 7.13. The Hall–Kier alpha value is -2.47. The van der Waals surface area contributed by atoms with Gasteiger partial charge in [-0.05, 0) is 23.8 Å². The van der Waals surface area contributed by atoms with E-state index in [4.69, 9.17) is 4.74 Å². The van der Waals surface area contributed by atoms with Gasteiger partial charge in [-0.2, -0.15) is 4.98 Å². The second-order valence-electron chi connectivity index (χ2n) is 5.22. The summed E-state index contributed by atoms with van der Waals surface area (Å²) in [6.45, 7) is 0.745. The molecule has 4 rings (SSSR count). The van der Waals surface area contributed by atoms with Crippen molar-refractivity contribution >= 4 is 38.0 Å². The van der Waals surface area contributed by atoms with Crippen molar-refractivity contribution in [3.05, 3.63) is 59.0 Å². The molecule has 3 heterocycles. The highest BCUT2D eigenvalue weighted by Gasteiger charge is 2.10. The van der Waals surface area contributed by atoms with Gasteiger partial charge in [-0.3, -0.25) is 0 Å². The van der Waals surface area contributed by atoms with Crippen LogP contribution in [0.15, 0.2) is 53.4 Å². The van der Waals surface area contributed by atoms with Crippen LogP contribution in [0.5, 0.6) is 5.88 Å². The molecule has 23 heavy (non-hydrogen) atoms. The van der Waals surface area contributed by atoms with Gasteiger partial charge in [-0.1, -0.05) is 28.1 Å². The standard InChI is InChI=1S/C17H13BrN4O/c1-23-15-7-6-13-16-14(8-19-17(13)21-15)20-10-22(16)9-11-2-4-12(18)5-3-11/h2-8,10H,9H2,1H3. The Labute approximate surface area is 141 Å². The van der Waals surface area contributed by atoms with E-state index in [2.05, 4.69) is 47.6 Å². The smallest absolute Gasteiger partial charge is 0.215 e. The lowest BCUT2D eigenvalue weighted by Crippen LogP contribution is -1.99. The van der Waals surface area contributed by atoms with E-state index in [1.54, 1.807) is 13.3 Å². The van der Waals surface area contributed by atoms with Crippen LogP contribution in [0.4, 0.5) is 0 Å². The molecule has 0 saturated heterocycles. The van der Waals surface area contributed by atoms with Crippen molar-refractivity contribution in [1.29, 1.82) is 0 Å². The number of hydrogen-bond donors (Lipinski definition) is 0. The van der Waals surface area contributed by atoms with Crippen LogP contribution >= 0.6 is 15.9 Å². The number of nitrogens with zero attached hydrogens (tertiary/aromatic N) is 4. The monoisotopic (exact) mass is 368 g/mol. The van der Waals surface area contributed by atoms with Crippen molar-refractivity contribution in [2.75, 3.05) is 7.11 Å². The number of methoxy groups -OCH3 is 1. The number of pyridine rings is 2. The predicted molar refractivity (Wildman–Crippen MR) is 92.6 cm³/mol. The van der Waals surface area contributed by atoms with E-state index >= 15 is 0 Å². The van der Waals surface area contributed by atoms with Gasteiger partial charge in [-0.25, -0.2) is 9.97 Å². The third-order valence-electron chi connectivity index (χ3n) is 3.76. The summed E-state index contributed by atoms with van der Waals surface area (Å²) in [6.07, 6.45) is 3.60. The van der Waals surface area contributed by atoms with Crippen molar-refractivity contribution in [3.8, 4) is 5.88 Å². The van der Waals surface area contributed by atoms with Crippen molar-refractivity contribution in [1.82, 2.24) is 19.5 Å². The van der Waals surface area contributed by atoms with Crippen molar-refractivity contribution in [2.24, 2.45) is 0 Å². The maximum Gasteiger partial charge on any atom is 0.215 e. The van der Waals surface area contributed by atoms with Crippen molar-refractivity contribution in [2.45, 2.75) is 6.54 Å². The van der Waals surface area contributed by atoms with Gasteiger partial charge in [0, 0.05) is 22.5 Å². The molecule has 0 radical (unpaired) electrons. The number of ether oxygens (including phenoxy) is 1. The summed E-state index contributed by atoms with van der Waals surface area (Å²) < 4.78 is 8.37. The number of rotatable bonds is 3. The molecule has 1 aromatic carbocycles. The summed E-state index contributed by atoms with van der Waals surface area (Å²) >= 11 is 3.46. The predicted octanol–water partition coefficient (Wildman–Crippen LogP) is 3.80. The molecule has 5 nitrogen and oxygen atoms in total. The molecule has 0 amide bonds. The van der Waals surface area contributed by atoms with Gasteiger partial charge < -0.3 is 9.30 Å². The third kappa shape index (κ3) is 2.55. The molecule has 0 unspecified atom stereocenters. The molecule has 0 atom stereocenters. The number of benzene rings is 1. The number of aromatic nitrogens is 4. The van der Waals surface area contributed by atoms with Gasteiger partial charge in [0.05, 0.1) is 25.2 Å². The van der Waals surface area contributed by atoms with E-state index in [0.29, 0.717) is 11.5 Å². The number of imidazole rings is 1. The van der Waals surface area contributed by atoms with Crippen molar-refractivity contribution < 1.29 is 4.74 Å². The summed E-state index contributed by atoms with van der Waals surface area (Å²) in [5.74, 6) is 0.559. The fourth-order valence-electron chi connectivity index (χ4n) is 2.64. The molecule has 4 aromatic rings. The maximum atomic E-state index is 5.17. The van der Waals surface area contributed by atoms with Crippen LogP contribution in [-0.4, -0.2) is 26.6 Å². The first-order chi connectivity index (χ1) is 11.2. The zero-order valence-corrected chi connectivity index (χ0v) is 14.0. The van der Waals surface area contributed by atoms with Gasteiger partial charge in [0.1, 0.15) is 5.52 Å². The van der Waals surface area contributed by atoms with E-state index < -0.39 is 0 Å². The van der Waals surface area contributed by atoms with Crippen LogP contribution < -0.4 is 4.74 Å². The van der Waals surface area contributed by atoms with Gasteiger partial charge in [0.2, 0.25) is 5.88 Å². The molecule has 6 heteroatoms. The molecule has 0 spiro atoms. The van der Waals surface area contributed by atoms with Gasteiger partial charge in [-0.15, -0.1) is 0 Å². The van der Waals surface area contributed by atoms with E-state index in [9.17, 15) is 0 Å². The number of fused-ring (bicyclic) bond motifs is 3. The normalized spacial score (nSPS) is 11.2. The van der Waals surface area contributed by atoms with Crippen LogP contribution in [-0.2, 0) is 6.54 Å². The quantitative estimate of drug-likeness (QED) is 0.551. The van der Waals surface area contributed by atoms with E-state index in [-0.39, 0.29) is 0 Å². The molecule has 114 valence electrons. The van der Waals surface area contributed by atoms with Crippen LogP contribution in [0.25, 0.3) is 22.1 Å². The Kier molecular flexibility index (Phi) is 3.46. The highest BCUT2D eigenvalue weighted by Crippen LogP contribution is 2.24. The molecule has 0 bridgehead atoms. The Morgan fingerprint density at radius 1 is 1.09 bits per heavy atom. The third-order valence-corrected chi connectivity index (χ3v) is 4.28. The van der Waals surface area contributed by atoms with E-state index in [1.165, 1.54) is 5.56 Å². The summed E-state index contributed by atoms with van der Waals surface area (Å²) in [5, 5.41) is 0.970. The van der Waals surface area contributed by atoms with E-state index in [0.717, 1.165) is 27.4 Å². The molecule has 0 saturated carbocycles. The molecule has 0 aliphatic rings. The lowest BCUT2D eigenvalue weighted by molar-refractivity contribution is 0.399. The second kappa shape index (κ2) is 5.62. The van der Waals surface area contributed by atoms with Crippen LogP contribution in [0.2, 0.25) is 0 Å². The Morgan fingerprint density at radius 2 is 1.91 bits per heavy atom. The molecular weight excluding hydrogens is 356 g/mol. The molecule has 0 N–H and O–H groups in total. The first kappa shape index (κ1) is 14.1. The summed E-state index contributed by atoms with van der Waals surface area (Å²) in [5.41, 5.74) is 3.77. The van der Waals surface area contributed by atoms with Crippen molar-refractivity contribution in [3.63, 3.8) is 0 Å². The van der Waals surface area contributed by atoms with Crippen LogP contribution in [0, 0.1) is 0 Å². The first-order valence-corrected chi connectivity index (χ1v) is 7.93. The Morgan fingerprint density at radius 3 is 2.70 bits per heavy atom. The lowest BCUT2D eigenvalue weighted by atomic mass is 10.2. The van der Waals surface area contributed by atoms with Gasteiger partial charge >= 0.3 is 0 Å². The molecule has 0 aliphatic carbocycles. The molecular formula is C17H13BrN4O. The lowest BCUT2D eigenvalue weighted by Gasteiger charge is -2.07. The number of hydrogen-bond acceptors (Lipinski definition) is 4. The van der Waals surface area contributed by atoms with Gasteiger partial charge in [0.25, 0.3) is 0 Å². The average molecular weight is 369 g/mol. The Bertz CT molecular complexity index is 995. The topological polar surface area (TPSA) is 52.8 Å².